The highest BCUT2D eigenvalue weighted by Gasteiger charge is 2.34. The smallest absolute Gasteiger partial charge is 0.313 e. The standard InChI is InChI=1S/C11H11BrO3/c12-7-3-1-2-6-4-5-8(13)10(9(6)7)11(14)15/h1-3,8,10,13H,4-5H2,(H,14,15). The lowest BCUT2D eigenvalue weighted by Gasteiger charge is -2.28. The quantitative estimate of drug-likeness (QED) is 0.820. The third-order valence-corrected chi connectivity index (χ3v) is 3.51. The van der Waals surface area contributed by atoms with Crippen LogP contribution in [0.2, 0.25) is 0 Å². The number of carboxylic acid groups (broad SMARTS) is 1. The van der Waals surface area contributed by atoms with Crippen LogP contribution in [0.5, 0.6) is 0 Å². The summed E-state index contributed by atoms with van der Waals surface area (Å²) >= 11 is 3.34. The highest BCUT2D eigenvalue weighted by molar-refractivity contribution is 9.10. The van der Waals surface area contributed by atoms with E-state index < -0.39 is 18.0 Å². The maximum Gasteiger partial charge on any atom is 0.313 e. The van der Waals surface area contributed by atoms with Gasteiger partial charge in [-0.1, -0.05) is 28.1 Å². The van der Waals surface area contributed by atoms with Gasteiger partial charge in [-0.25, -0.2) is 0 Å². The molecule has 1 aliphatic carbocycles. The van der Waals surface area contributed by atoms with Crippen LogP contribution in [0.25, 0.3) is 0 Å². The number of hydrogen-bond donors (Lipinski definition) is 2. The molecule has 1 aromatic rings. The molecule has 0 spiro atoms. The van der Waals surface area contributed by atoms with E-state index >= 15 is 0 Å². The predicted octanol–water partition coefficient (Wildman–Crippen LogP) is 1.92. The zero-order valence-electron chi connectivity index (χ0n) is 7.98. The van der Waals surface area contributed by atoms with Gasteiger partial charge < -0.3 is 10.2 Å². The molecule has 0 aliphatic heterocycles. The Bertz CT molecular complexity index is 403. The predicted molar refractivity (Wildman–Crippen MR) is 58.8 cm³/mol. The Morgan fingerprint density at radius 2 is 2.20 bits per heavy atom. The SMILES string of the molecule is O=C(O)C1c2c(Br)cccc2CCC1O. The first-order valence-electron chi connectivity index (χ1n) is 4.79. The molecule has 2 N–H and O–H groups in total. The second-order valence-corrected chi connectivity index (χ2v) is 4.59. The zero-order valence-corrected chi connectivity index (χ0v) is 9.57. The third kappa shape index (κ3) is 1.79. The monoisotopic (exact) mass is 270 g/mol. The molecule has 15 heavy (non-hydrogen) atoms. The molecule has 0 heterocycles. The summed E-state index contributed by atoms with van der Waals surface area (Å²) in [7, 11) is 0. The van der Waals surface area contributed by atoms with E-state index in [9.17, 15) is 9.90 Å². The number of fused-ring (bicyclic) bond motifs is 1. The minimum Gasteiger partial charge on any atom is -0.481 e. The molecule has 3 nitrogen and oxygen atoms in total. The van der Waals surface area contributed by atoms with Crippen LogP contribution in [-0.4, -0.2) is 22.3 Å². The Balaban J connectivity index is 2.55. The number of hydrogen-bond acceptors (Lipinski definition) is 2. The van der Waals surface area contributed by atoms with Gasteiger partial charge in [0.15, 0.2) is 0 Å². The Morgan fingerprint density at radius 1 is 1.47 bits per heavy atom. The number of aliphatic hydroxyl groups excluding tert-OH is 1. The van der Waals surface area contributed by atoms with Gasteiger partial charge in [-0.15, -0.1) is 0 Å². The fourth-order valence-corrected chi connectivity index (χ4v) is 2.75. The topological polar surface area (TPSA) is 57.5 Å². The van der Waals surface area contributed by atoms with Crippen molar-refractivity contribution in [1.29, 1.82) is 0 Å². The molecular weight excluding hydrogens is 260 g/mol. The Labute approximate surface area is 95.9 Å². The molecule has 0 bridgehead atoms. The molecule has 1 aliphatic rings. The molecule has 0 saturated carbocycles. The van der Waals surface area contributed by atoms with Gasteiger partial charge in [0.2, 0.25) is 0 Å². The number of carboxylic acids is 1. The largest absolute Gasteiger partial charge is 0.481 e. The fraction of sp³-hybridized carbons (Fsp3) is 0.364. The van der Waals surface area contributed by atoms with Crippen LogP contribution in [-0.2, 0) is 11.2 Å². The molecule has 0 aromatic heterocycles. The molecule has 2 rings (SSSR count). The van der Waals surface area contributed by atoms with Crippen molar-refractivity contribution in [3.63, 3.8) is 0 Å². The van der Waals surface area contributed by atoms with Crippen molar-refractivity contribution in [3.05, 3.63) is 33.8 Å². The second kappa shape index (κ2) is 3.94. The van der Waals surface area contributed by atoms with Crippen molar-refractivity contribution in [1.82, 2.24) is 0 Å². The summed E-state index contributed by atoms with van der Waals surface area (Å²) in [6.45, 7) is 0. The van der Waals surface area contributed by atoms with Gasteiger partial charge in [0, 0.05) is 4.47 Å². The van der Waals surface area contributed by atoms with Crippen LogP contribution in [0.3, 0.4) is 0 Å². The van der Waals surface area contributed by atoms with E-state index in [1.54, 1.807) is 0 Å². The number of aliphatic carboxylic acids is 1. The molecular formula is C11H11BrO3. The third-order valence-electron chi connectivity index (χ3n) is 2.81. The Kier molecular flexibility index (Phi) is 2.80. The van der Waals surface area contributed by atoms with Crippen molar-refractivity contribution in [2.75, 3.05) is 0 Å². The molecule has 4 heteroatoms. The van der Waals surface area contributed by atoms with Crippen molar-refractivity contribution in [2.24, 2.45) is 0 Å². The van der Waals surface area contributed by atoms with Crippen LogP contribution >= 0.6 is 15.9 Å². The molecule has 0 amide bonds. The van der Waals surface area contributed by atoms with Crippen LogP contribution in [0.4, 0.5) is 0 Å². The van der Waals surface area contributed by atoms with E-state index in [4.69, 9.17) is 5.11 Å². The molecule has 2 unspecified atom stereocenters. The molecule has 80 valence electrons. The summed E-state index contributed by atoms with van der Waals surface area (Å²) < 4.78 is 0.770. The highest BCUT2D eigenvalue weighted by Crippen LogP contribution is 2.36. The summed E-state index contributed by atoms with van der Waals surface area (Å²) in [5.41, 5.74) is 1.74. The summed E-state index contributed by atoms with van der Waals surface area (Å²) in [5, 5.41) is 18.8. The van der Waals surface area contributed by atoms with E-state index in [1.807, 2.05) is 18.2 Å². The summed E-state index contributed by atoms with van der Waals surface area (Å²) in [5.74, 6) is -1.76. The number of carbonyl (C=O) groups is 1. The Hall–Kier alpha value is -0.870. The maximum absolute atomic E-state index is 11.1. The van der Waals surface area contributed by atoms with Crippen LogP contribution in [0.15, 0.2) is 22.7 Å². The maximum atomic E-state index is 11.1. The lowest BCUT2D eigenvalue weighted by Crippen LogP contribution is -2.31. The highest BCUT2D eigenvalue weighted by atomic mass is 79.9. The van der Waals surface area contributed by atoms with Crippen LogP contribution in [0, 0.1) is 0 Å². The van der Waals surface area contributed by atoms with Gasteiger partial charge >= 0.3 is 5.97 Å². The summed E-state index contributed by atoms with van der Waals surface area (Å²) in [4.78, 5) is 11.1. The van der Waals surface area contributed by atoms with Gasteiger partial charge in [-0.2, -0.15) is 0 Å². The number of halogens is 1. The van der Waals surface area contributed by atoms with Gasteiger partial charge in [0.25, 0.3) is 0 Å². The van der Waals surface area contributed by atoms with E-state index in [0.717, 1.165) is 22.0 Å². The average Bonchev–Trinajstić information content (AvgIpc) is 2.18. The first kappa shape index (κ1) is 10.6. The number of rotatable bonds is 1. The minimum absolute atomic E-state index is 0.514. The first-order valence-corrected chi connectivity index (χ1v) is 5.58. The summed E-state index contributed by atoms with van der Waals surface area (Å²) in [6, 6.07) is 5.62. The van der Waals surface area contributed by atoms with E-state index in [1.165, 1.54) is 0 Å². The summed E-state index contributed by atoms with van der Waals surface area (Å²) in [6.07, 6.45) is 0.467. The zero-order chi connectivity index (χ0) is 11.0. The molecule has 0 radical (unpaired) electrons. The van der Waals surface area contributed by atoms with E-state index in [2.05, 4.69) is 15.9 Å². The lowest BCUT2D eigenvalue weighted by atomic mass is 9.81. The number of benzene rings is 1. The van der Waals surface area contributed by atoms with Crippen molar-refractivity contribution in [3.8, 4) is 0 Å². The molecule has 1 aromatic carbocycles. The van der Waals surface area contributed by atoms with Crippen LogP contribution in [0.1, 0.15) is 23.5 Å². The normalized spacial score (nSPS) is 24.7. The fourth-order valence-electron chi connectivity index (χ4n) is 2.10. The average molecular weight is 271 g/mol. The molecule has 2 atom stereocenters. The lowest BCUT2D eigenvalue weighted by molar-refractivity contribution is -0.142. The number of aryl methyl sites for hydroxylation is 1. The van der Waals surface area contributed by atoms with Gasteiger partial charge in [-0.05, 0) is 30.0 Å². The first-order chi connectivity index (χ1) is 7.11. The minimum atomic E-state index is -0.963. The van der Waals surface area contributed by atoms with E-state index in [-0.39, 0.29) is 0 Å². The van der Waals surface area contributed by atoms with E-state index in [0.29, 0.717) is 6.42 Å². The van der Waals surface area contributed by atoms with Crippen molar-refractivity contribution >= 4 is 21.9 Å². The molecule has 0 saturated heterocycles. The molecule has 0 fully saturated rings. The van der Waals surface area contributed by atoms with Crippen LogP contribution < -0.4 is 0 Å². The van der Waals surface area contributed by atoms with Gasteiger partial charge in [0.05, 0.1) is 6.10 Å². The number of aliphatic hydroxyl groups is 1. The van der Waals surface area contributed by atoms with Crippen molar-refractivity contribution < 1.29 is 15.0 Å². The van der Waals surface area contributed by atoms with Gasteiger partial charge in [0.1, 0.15) is 5.92 Å². The van der Waals surface area contributed by atoms with Crippen molar-refractivity contribution in [2.45, 2.75) is 24.9 Å². The second-order valence-electron chi connectivity index (χ2n) is 3.73. The van der Waals surface area contributed by atoms with Gasteiger partial charge in [-0.3, -0.25) is 4.79 Å². The Morgan fingerprint density at radius 3 is 2.87 bits per heavy atom.